The van der Waals surface area contributed by atoms with Crippen LogP contribution in [0, 0.1) is 0 Å². The fraction of sp³-hybridized carbons (Fsp3) is 0.211. The molecule has 3 aromatic heterocycles. The van der Waals surface area contributed by atoms with Crippen LogP contribution in [0.4, 0.5) is 0 Å². The van der Waals surface area contributed by atoms with Crippen molar-refractivity contribution in [1.82, 2.24) is 19.4 Å². The van der Waals surface area contributed by atoms with Crippen LogP contribution in [0.1, 0.15) is 23.5 Å². The van der Waals surface area contributed by atoms with Crippen LogP contribution in [0.5, 0.6) is 0 Å². The number of fused-ring (bicyclic) bond motifs is 1. The third-order valence-electron chi connectivity index (χ3n) is 4.66. The highest BCUT2D eigenvalue weighted by atomic mass is 32.2. The number of hydrogen-bond donors (Lipinski definition) is 0. The normalized spacial score (nSPS) is 22.1. The lowest BCUT2D eigenvalue weighted by atomic mass is 10.0. The van der Waals surface area contributed by atoms with Crippen molar-refractivity contribution in [2.24, 2.45) is 4.99 Å². The van der Waals surface area contributed by atoms with Gasteiger partial charge in [-0.1, -0.05) is 23.9 Å². The van der Waals surface area contributed by atoms with Crippen LogP contribution in [-0.2, 0) is 0 Å². The summed E-state index contributed by atoms with van der Waals surface area (Å²) < 4.78 is 2.17. The third kappa shape index (κ3) is 2.44. The molecule has 0 radical (unpaired) electrons. The highest BCUT2D eigenvalue weighted by Gasteiger charge is 2.42. The van der Waals surface area contributed by atoms with Crippen molar-refractivity contribution in [3.8, 4) is 5.82 Å². The maximum absolute atomic E-state index is 5.00. The molecule has 25 heavy (non-hydrogen) atoms. The Labute approximate surface area is 150 Å². The summed E-state index contributed by atoms with van der Waals surface area (Å²) in [6, 6.07) is 16.5. The zero-order valence-electron chi connectivity index (χ0n) is 13.6. The Bertz CT molecular complexity index is 906. The molecule has 6 heteroatoms. The number of rotatable bonds is 3. The lowest BCUT2D eigenvalue weighted by molar-refractivity contribution is 0.322. The minimum Gasteiger partial charge on any atom is -0.339 e. The molecule has 0 saturated carbocycles. The van der Waals surface area contributed by atoms with E-state index in [1.165, 1.54) is 5.69 Å². The van der Waals surface area contributed by atoms with E-state index in [1.807, 2.05) is 54.5 Å². The molecule has 0 aromatic carbocycles. The van der Waals surface area contributed by atoms with E-state index >= 15 is 0 Å². The number of amidine groups is 1. The van der Waals surface area contributed by atoms with E-state index in [0.717, 1.165) is 29.0 Å². The second-order valence-corrected chi connectivity index (χ2v) is 7.15. The van der Waals surface area contributed by atoms with Gasteiger partial charge in [-0.15, -0.1) is 0 Å². The molecule has 124 valence electrons. The Hall–Kier alpha value is -2.60. The average Bonchev–Trinajstić information content (AvgIpc) is 3.38. The van der Waals surface area contributed by atoms with Gasteiger partial charge in [0, 0.05) is 36.6 Å². The van der Waals surface area contributed by atoms with Gasteiger partial charge in [-0.25, -0.2) is 4.98 Å². The molecule has 2 aliphatic heterocycles. The number of nitrogens with zero attached hydrogens (tertiary/aromatic N) is 5. The number of aliphatic imine (C=N–C) groups is 1. The lowest BCUT2D eigenvalue weighted by Crippen LogP contribution is -2.29. The average molecular weight is 347 g/mol. The molecule has 2 aliphatic rings. The molecule has 2 atom stereocenters. The van der Waals surface area contributed by atoms with Crippen LogP contribution >= 0.6 is 11.8 Å². The first-order chi connectivity index (χ1) is 12.4. The molecule has 0 aliphatic carbocycles. The SMILES string of the molecule is c1ccc([C@H]2N=C3SCCN3[C@H]2c2cccn2-c2ccccn2)nc1. The van der Waals surface area contributed by atoms with Gasteiger partial charge in [0.1, 0.15) is 11.9 Å². The smallest absolute Gasteiger partial charge is 0.160 e. The summed E-state index contributed by atoms with van der Waals surface area (Å²) in [4.78, 5) is 16.5. The third-order valence-corrected chi connectivity index (χ3v) is 5.65. The van der Waals surface area contributed by atoms with Crippen LogP contribution in [0.25, 0.3) is 5.82 Å². The van der Waals surface area contributed by atoms with E-state index < -0.39 is 0 Å². The van der Waals surface area contributed by atoms with Crippen LogP contribution in [0.2, 0.25) is 0 Å². The van der Waals surface area contributed by atoms with E-state index in [2.05, 4.69) is 43.8 Å². The molecular formula is C19H17N5S. The molecular weight excluding hydrogens is 330 g/mol. The van der Waals surface area contributed by atoms with Crippen molar-refractivity contribution in [2.45, 2.75) is 12.1 Å². The Morgan fingerprint density at radius 3 is 2.64 bits per heavy atom. The van der Waals surface area contributed by atoms with Crippen molar-refractivity contribution in [3.63, 3.8) is 0 Å². The van der Waals surface area contributed by atoms with Gasteiger partial charge in [0.15, 0.2) is 5.17 Å². The molecule has 0 unspecified atom stereocenters. The van der Waals surface area contributed by atoms with Crippen LogP contribution in [0.15, 0.2) is 72.1 Å². The molecule has 1 fully saturated rings. The van der Waals surface area contributed by atoms with E-state index in [4.69, 9.17) is 4.99 Å². The lowest BCUT2D eigenvalue weighted by Gasteiger charge is -2.27. The highest BCUT2D eigenvalue weighted by Crippen LogP contribution is 2.46. The standard InChI is InChI=1S/C19H17N5S/c1-3-9-20-14(6-1)17-18(24-12-13-25-19(24)22-17)15-7-5-11-23(15)16-8-2-4-10-21-16/h1-11,17-18H,12-13H2/t17-,18+/m1/s1. The van der Waals surface area contributed by atoms with Gasteiger partial charge < -0.3 is 9.47 Å². The maximum atomic E-state index is 5.00. The summed E-state index contributed by atoms with van der Waals surface area (Å²) in [6.07, 6.45) is 5.76. The van der Waals surface area contributed by atoms with Gasteiger partial charge in [0.2, 0.25) is 0 Å². The first-order valence-electron chi connectivity index (χ1n) is 8.39. The Morgan fingerprint density at radius 2 is 1.84 bits per heavy atom. The fourth-order valence-corrected chi connectivity index (χ4v) is 4.61. The molecule has 0 spiro atoms. The van der Waals surface area contributed by atoms with Gasteiger partial charge in [0.25, 0.3) is 0 Å². The number of pyridine rings is 2. The molecule has 5 rings (SSSR count). The van der Waals surface area contributed by atoms with Gasteiger partial charge >= 0.3 is 0 Å². The summed E-state index contributed by atoms with van der Waals surface area (Å²) in [6.45, 7) is 1.02. The summed E-state index contributed by atoms with van der Waals surface area (Å²) in [5.74, 6) is 2.02. The second-order valence-electron chi connectivity index (χ2n) is 6.09. The van der Waals surface area contributed by atoms with Crippen molar-refractivity contribution in [1.29, 1.82) is 0 Å². The summed E-state index contributed by atoms with van der Waals surface area (Å²) >= 11 is 1.84. The number of aromatic nitrogens is 3. The fourth-order valence-electron chi connectivity index (χ4n) is 3.58. The van der Waals surface area contributed by atoms with Gasteiger partial charge in [-0.2, -0.15) is 0 Å². The minimum atomic E-state index is 0.0152. The molecule has 3 aromatic rings. The quantitative estimate of drug-likeness (QED) is 0.728. The summed E-state index contributed by atoms with van der Waals surface area (Å²) in [7, 11) is 0. The topological polar surface area (TPSA) is 46.3 Å². The minimum absolute atomic E-state index is 0.0152. The van der Waals surface area contributed by atoms with Crippen molar-refractivity contribution < 1.29 is 0 Å². The first kappa shape index (κ1) is 14.7. The van der Waals surface area contributed by atoms with E-state index in [0.29, 0.717) is 0 Å². The monoisotopic (exact) mass is 347 g/mol. The van der Waals surface area contributed by atoms with Gasteiger partial charge in [-0.3, -0.25) is 9.98 Å². The number of thioether (sulfide) groups is 1. The van der Waals surface area contributed by atoms with Crippen molar-refractivity contribution in [3.05, 3.63) is 78.5 Å². The molecule has 1 saturated heterocycles. The summed E-state index contributed by atoms with van der Waals surface area (Å²) in [5, 5.41) is 1.13. The highest BCUT2D eigenvalue weighted by molar-refractivity contribution is 8.14. The van der Waals surface area contributed by atoms with Crippen LogP contribution in [-0.4, -0.2) is 36.9 Å². The molecule has 5 heterocycles. The first-order valence-corrected chi connectivity index (χ1v) is 9.37. The molecule has 0 N–H and O–H groups in total. The molecule has 0 bridgehead atoms. The van der Waals surface area contributed by atoms with E-state index in [9.17, 15) is 0 Å². The molecule has 5 nitrogen and oxygen atoms in total. The summed E-state index contributed by atoms with van der Waals surface area (Å²) in [5.41, 5.74) is 2.22. The molecule has 0 amide bonds. The Kier molecular flexibility index (Phi) is 3.56. The Morgan fingerprint density at radius 1 is 0.960 bits per heavy atom. The largest absolute Gasteiger partial charge is 0.339 e. The maximum Gasteiger partial charge on any atom is 0.160 e. The van der Waals surface area contributed by atoms with Gasteiger partial charge in [-0.05, 0) is 36.4 Å². The van der Waals surface area contributed by atoms with Crippen molar-refractivity contribution >= 4 is 16.9 Å². The van der Waals surface area contributed by atoms with Gasteiger partial charge in [0.05, 0.1) is 11.7 Å². The zero-order valence-corrected chi connectivity index (χ0v) is 14.4. The second kappa shape index (κ2) is 6.04. The van der Waals surface area contributed by atoms with Crippen LogP contribution < -0.4 is 0 Å². The van der Waals surface area contributed by atoms with Crippen molar-refractivity contribution in [2.75, 3.05) is 12.3 Å². The zero-order chi connectivity index (χ0) is 16.6. The van der Waals surface area contributed by atoms with Crippen LogP contribution in [0.3, 0.4) is 0 Å². The number of hydrogen-bond acceptors (Lipinski definition) is 5. The van der Waals surface area contributed by atoms with E-state index in [-0.39, 0.29) is 12.1 Å². The predicted molar refractivity (Wildman–Crippen MR) is 99.9 cm³/mol. The predicted octanol–water partition coefficient (Wildman–Crippen LogP) is 3.47. The Balaban J connectivity index is 1.62. The van der Waals surface area contributed by atoms with E-state index in [1.54, 1.807) is 0 Å².